The van der Waals surface area contributed by atoms with Gasteiger partial charge in [-0.25, -0.2) is 0 Å². The molecule has 3 nitrogen and oxygen atoms in total. The van der Waals surface area contributed by atoms with Crippen LogP contribution in [0.25, 0.3) is 0 Å². The van der Waals surface area contributed by atoms with Crippen molar-refractivity contribution in [2.75, 3.05) is 5.32 Å². The van der Waals surface area contributed by atoms with Crippen LogP contribution in [0, 0.1) is 0 Å². The number of carbonyl (C=O) groups excluding carboxylic acids is 1. The SMILES string of the molecule is Cn1c(C=O)ccc1NCc1ccccc1. The number of carbonyl (C=O) groups is 1. The molecule has 0 spiro atoms. The van der Waals surface area contributed by atoms with E-state index in [-0.39, 0.29) is 0 Å². The number of hydrogen-bond donors (Lipinski definition) is 1. The number of aromatic nitrogens is 1. The minimum absolute atomic E-state index is 0.676. The van der Waals surface area contributed by atoms with Gasteiger partial charge in [0.1, 0.15) is 5.82 Å². The van der Waals surface area contributed by atoms with Gasteiger partial charge >= 0.3 is 0 Å². The van der Waals surface area contributed by atoms with Crippen molar-refractivity contribution in [2.45, 2.75) is 6.54 Å². The van der Waals surface area contributed by atoms with Gasteiger partial charge in [-0.2, -0.15) is 0 Å². The van der Waals surface area contributed by atoms with Crippen LogP contribution in [0.4, 0.5) is 5.82 Å². The van der Waals surface area contributed by atoms with Crippen molar-refractivity contribution in [3.05, 3.63) is 53.7 Å². The van der Waals surface area contributed by atoms with Gasteiger partial charge < -0.3 is 9.88 Å². The van der Waals surface area contributed by atoms with Crippen LogP contribution in [-0.4, -0.2) is 10.9 Å². The summed E-state index contributed by atoms with van der Waals surface area (Å²) < 4.78 is 1.84. The lowest BCUT2D eigenvalue weighted by atomic mass is 10.2. The van der Waals surface area contributed by atoms with Gasteiger partial charge in [0, 0.05) is 13.6 Å². The molecule has 2 rings (SSSR count). The quantitative estimate of drug-likeness (QED) is 0.793. The Morgan fingerprint density at radius 3 is 2.56 bits per heavy atom. The Bertz CT molecular complexity index is 474. The van der Waals surface area contributed by atoms with Crippen LogP contribution in [0.2, 0.25) is 0 Å². The van der Waals surface area contributed by atoms with Gasteiger partial charge in [0.2, 0.25) is 0 Å². The van der Waals surface area contributed by atoms with Crippen LogP contribution >= 0.6 is 0 Å². The topological polar surface area (TPSA) is 34.0 Å². The van der Waals surface area contributed by atoms with Crippen molar-refractivity contribution >= 4 is 12.1 Å². The predicted octanol–water partition coefficient (Wildman–Crippen LogP) is 2.45. The lowest BCUT2D eigenvalue weighted by Crippen LogP contribution is -2.05. The molecule has 0 aliphatic carbocycles. The summed E-state index contributed by atoms with van der Waals surface area (Å²) in [5, 5.41) is 3.29. The fraction of sp³-hybridized carbons (Fsp3) is 0.154. The molecule has 0 saturated carbocycles. The zero-order valence-corrected chi connectivity index (χ0v) is 9.18. The summed E-state index contributed by atoms with van der Waals surface area (Å²) in [5.41, 5.74) is 1.90. The first-order valence-electron chi connectivity index (χ1n) is 5.20. The van der Waals surface area contributed by atoms with E-state index in [0.29, 0.717) is 5.69 Å². The van der Waals surface area contributed by atoms with E-state index in [9.17, 15) is 4.79 Å². The zero-order chi connectivity index (χ0) is 11.4. The second kappa shape index (κ2) is 4.66. The zero-order valence-electron chi connectivity index (χ0n) is 9.18. The molecule has 82 valence electrons. The molecule has 3 heteroatoms. The number of aldehydes is 1. The summed E-state index contributed by atoms with van der Waals surface area (Å²) in [7, 11) is 1.87. The number of anilines is 1. The molecule has 1 N–H and O–H groups in total. The molecule has 16 heavy (non-hydrogen) atoms. The van der Waals surface area contributed by atoms with Crippen LogP contribution in [0.15, 0.2) is 42.5 Å². The van der Waals surface area contributed by atoms with Gasteiger partial charge in [0.05, 0.1) is 5.69 Å². The predicted molar refractivity (Wildman–Crippen MR) is 64.6 cm³/mol. The third kappa shape index (κ3) is 2.14. The van der Waals surface area contributed by atoms with Gasteiger partial charge in [-0.15, -0.1) is 0 Å². The smallest absolute Gasteiger partial charge is 0.166 e. The average molecular weight is 214 g/mol. The molecule has 0 atom stereocenters. The van der Waals surface area contributed by atoms with Crippen molar-refractivity contribution in [1.29, 1.82) is 0 Å². The van der Waals surface area contributed by atoms with Crippen molar-refractivity contribution < 1.29 is 4.79 Å². The van der Waals surface area contributed by atoms with Crippen LogP contribution < -0.4 is 5.32 Å². The second-order valence-electron chi connectivity index (χ2n) is 3.66. The fourth-order valence-corrected chi connectivity index (χ4v) is 1.61. The van der Waals surface area contributed by atoms with Crippen LogP contribution in [0.1, 0.15) is 16.1 Å². The van der Waals surface area contributed by atoms with Crippen LogP contribution in [0.5, 0.6) is 0 Å². The average Bonchev–Trinajstić information content (AvgIpc) is 2.69. The highest BCUT2D eigenvalue weighted by Crippen LogP contribution is 2.12. The summed E-state index contributed by atoms with van der Waals surface area (Å²) >= 11 is 0. The van der Waals surface area contributed by atoms with E-state index in [1.165, 1.54) is 5.56 Å². The fourth-order valence-electron chi connectivity index (χ4n) is 1.61. The first-order valence-corrected chi connectivity index (χ1v) is 5.20. The van der Waals surface area contributed by atoms with E-state index >= 15 is 0 Å². The second-order valence-corrected chi connectivity index (χ2v) is 3.66. The largest absolute Gasteiger partial charge is 0.367 e. The van der Waals surface area contributed by atoms with Crippen molar-refractivity contribution in [3.63, 3.8) is 0 Å². The number of benzene rings is 1. The summed E-state index contributed by atoms with van der Waals surface area (Å²) in [6.45, 7) is 0.761. The van der Waals surface area contributed by atoms with E-state index in [1.54, 1.807) is 6.07 Å². The Hall–Kier alpha value is -2.03. The van der Waals surface area contributed by atoms with Crippen LogP contribution in [0.3, 0.4) is 0 Å². The molecule has 0 fully saturated rings. The molecule has 1 aromatic heterocycles. The van der Waals surface area contributed by atoms with E-state index in [1.807, 2.05) is 35.9 Å². The number of hydrogen-bond acceptors (Lipinski definition) is 2. The molecule has 0 aliphatic rings. The maximum atomic E-state index is 10.7. The molecule has 0 aliphatic heterocycles. The van der Waals surface area contributed by atoms with Crippen molar-refractivity contribution in [3.8, 4) is 0 Å². The third-order valence-corrected chi connectivity index (χ3v) is 2.60. The highest BCUT2D eigenvalue weighted by molar-refractivity contribution is 5.74. The van der Waals surface area contributed by atoms with Gasteiger partial charge in [0.25, 0.3) is 0 Å². The Morgan fingerprint density at radius 2 is 1.94 bits per heavy atom. The molecule has 2 aromatic rings. The van der Waals surface area contributed by atoms with Gasteiger partial charge in [0.15, 0.2) is 6.29 Å². The Kier molecular flexibility index (Phi) is 3.05. The molecule has 0 amide bonds. The molecular formula is C13H14N2O. The minimum Gasteiger partial charge on any atom is -0.367 e. The Labute approximate surface area is 94.7 Å². The molecule has 0 unspecified atom stereocenters. The van der Waals surface area contributed by atoms with E-state index in [2.05, 4.69) is 17.4 Å². The third-order valence-electron chi connectivity index (χ3n) is 2.60. The molecule has 1 heterocycles. The maximum Gasteiger partial charge on any atom is 0.166 e. The highest BCUT2D eigenvalue weighted by Gasteiger charge is 2.02. The summed E-state index contributed by atoms with van der Waals surface area (Å²) in [6.07, 6.45) is 0.855. The first-order chi connectivity index (χ1) is 7.81. The minimum atomic E-state index is 0.676. The normalized spacial score (nSPS) is 10.1. The monoisotopic (exact) mass is 214 g/mol. The molecule has 0 radical (unpaired) electrons. The Morgan fingerprint density at radius 1 is 1.19 bits per heavy atom. The van der Waals surface area contributed by atoms with Gasteiger partial charge in [-0.05, 0) is 17.7 Å². The standard InChI is InChI=1S/C13H14N2O/c1-15-12(10-16)7-8-13(15)14-9-11-5-3-2-4-6-11/h2-8,10,14H,9H2,1H3. The maximum absolute atomic E-state index is 10.7. The van der Waals surface area contributed by atoms with Crippen LogP contribution in [-0.2, 0) is 13.6 Å². The molecule has 0 bridgehead atoms. The van der Waals surface area contributed by atoms with Crippen molar-refractivity contribution in [1.82, 2.24) is 4.57 Å². The lowest BCUT2D eigenvalue weighted by Gasteiger charge is -2.08. The van der Waals surface area contributed by atoms with Gasteiger partial charge in [-0.3, -0.25) is 4.79 Å². The summed E-state index contributed by atoms with van der Waals surface area (Å²) in [5.74, 6) is 0.950. The number of rotatable bonds is 4. The van der Waals surface area contributed by atoms with E-state index in [0.717, 1.165) is 18.6 Å². The molecule has 0 saturated heterocycles. The van der Waals surface area contributed by atoms with E-state index in [4.69, 9.17) is 0 Å². The number of nitrogens with one attached hydrogen (secondary N) is 1. The Balaban J connectivity index is 2.05. The number of nitrogens with zero attached hydrogens (tertiary/aromatic N) is 1. The summed E-state index contributed by atoms with van der Waals surface area (Å²) in [6, 6.07) is 13.9. The molecular weight excluding hydrogens is 200 g/mol. The first kappa shape index (κ1) is 10.5. The molecule has 1 aromatic carbocycles. The lowest BCUT2D eigenvalue weighted by molar-refractivity contribution is 0.111. The highest BCUT2D eigenvalue weighted by atomic mass is 16.1. The van der Waals surface area contributed by atoms with E-state index < -0.39 is 0 Å². The summed E-state index contributed by atoms with van der Waals surface area (Å²) in [4.78, 5) is 10.7. The van der Waals surface area contributed by atoms with Gasteiger partial charge in [-0.1, -0.05) is 30.3 Å². The van der Waals surface area contributed by atoms with Crippen molar-refractivity contribution in [2.24, 2.45) is 7.05 Å².